The summed E-state index contributed by atoms with van der Waals surface area (Å²) in [6, 6.07) is 6.16. The topological polar surface area (TPSA) is 26.3 Å². The number of cyclic esters (lactones) is 1. The van der Waals surface area contributed by atoms with Gasteiger partial charge in [0.05, 0.1) is 12.5 Å². The lowest BCUT2D eigenvalue weighted by atomic mass is 9.89. The molecule has 0 saturated carbocycles. The number of rotatable bonds is 1. The molecule has 1 unspecified atom stereocenters. The summed E-state index contributed by atoms with van der Waals surface area (Å²) in [5.41, 5.74) is 3.62. The molecule has 0 aliphatic carbocycles. The van der Waals surface area contributed by atoms with Crippen molar-refractivity contribution >= 4 is 5.97 Å². The van der Waals surface area contributed by atoms with Crippen molar-refractivity contribution in [3.8, 4) is 0 Å². The standard InChI is InChI=1S/C14H18O2/c1-10-6-5-8-12(11(10)2)13-7-3-4-9-16-14(13)15/h5-6,8,13H,3-4,7,9H2,1-2H3. The van der Waals surface area contributed by atoms with E-state index in [1.807, 2.05) is 6.07 Å². The lowest BCUT2D eigenvalue weighted by molar-refractivity contribution is -0.144. The van der Waals surface area contributed by atoms with Gasteiger partial charge in [0, 0.05) is 0 Å². The van der Waals surface area contributed by atoms with E-state index >= 15 is 0 Å². The smallest absolute Gasteiger partial charge is 0.313 e. The normalized spacial score (nSPS) is 21.4. The number of aryl methyl sites for hydroxylation is 1. The second-order valence-corrected chi connectivity index (χ2v) is 4.51. The summed E-state index contributed by atoms with van der Waals surface area (Å²) < 4.78 is 5.23. The first kappa shape index (κ1) is 11.2. The average molecular weight is 218 g/mol. The number of hydrogen-bond acceptors (Lipinski definition) is 2. The molecule has 2 heteroatoms. The maximum atomic E-state index is 11.9. The summed E-state index contributed by atoms with van der Waals surface area (Å²) in [6.45, 7) is 4.75. The van der Waals surface area contributed by atoms with Crippen LogP contribution in [0.2, 0.25) is 0 Å². The van der Waals surface area contributed by atoms with Gasteiger partial charge < -0.3 is 4.74 Å². The molecule has 0 amide bonds. The van der Waals surface area contributed by atoms with Crippen molar-refractivity contribution in [3.63, 3.8) is 0 Å². The van der Waals surface area contributed by atoms with Crippen LogP contribution in [0.25, 0.3) is 0 Å². The van der Waals surface area contributed by atoms with Gasteiger partial charge in [-0.3, -0.25) is 4.79 Å². The minimum absolute atomic E-state index is 0.0498. The predicted octanol–water partition coefficient (Wildman–Crippen LogP) is 3.11. The number of carbonyl (C=O) groups is 1. The Bertz CT molecular complexity index is 396. The fourth-order valence-electron chi connectivity index (χ4n) is 2.28. The van der Waals surface area contributed by atoms with Gasteiger partial charge in [0.1, 0.15) is 0 Å². The molecule has 0 bridgehead atoms. The molecule has 0 radical (unpaired) electrons. The van der Waals surface area contributed by atoms with Crippen LogP contribution in [0.3, 0.4) is 0 Å². The second-order valence-electron chi connectivity index (χ2n) is 4.51. The van der Waals surface area contributed by atoms with Crippen LogP contribution in [0.15, 0.2) is 18.2 Å². The van der Waals surface area contributed by atoms with E-state index in [2.05, 4.69) is 26.0 Å². The Labute approximate surface area is 96.6 Å². The summed E-state index contributed by atoms with van der Waals surface area (Å²) in [6.07, 6.45) is 2.99. The van der Waals surface area contributed by atoms with E-state index < -0.39 is 0 Å². The summed E-state index contributed by atoms with van der Waals surface area (Å²) in [5.74, 6) is -0.103. The van der Waals surface area contributed by atoms with Crippen LogP contribution in [0.4, 0.5) is 0 Å². The first-order valence-corrected chi connectivity index (χ1v) is 5.93. The van der Waals surface area contributed by atoms with E-state index in [1.54, 1.807) is 0 Å². The zero-order valence-electron chi connectivity index (χ0n) is 9.95. The number of hydrogen-bond donors (Lipinski definition) is 0. The molecule has 1 saturated heterocycles. The van der Waals surface area contributed by atoms with Gasteiger partial charge in [-0.2, -0.15) is 0 Å². The molecule has 1 atom stereocenters. The van der Waals surface area contributed by atoms with E-state index in [0.717, 1.165) is 24.8 Å². The van der Waals surface area contributed by atoms with Crippen LogP contribution in [0.5, 0.6) is 0 Å². The fraction of sp³-hybridized carbons (Fsp3) is 0.500. The number of esters is 1. The molecule has 1 fully saturated rings. The Kier molecular flexibility index (Phi) is 3.28. The molecule has 1 heterocycles. The Morgan fingerprint density at radius 3 is 2.88 bits per heavy atom. The molecule has 2 nitrogen and oxygen atoms in total. The summed E-state index contributed by atoms with van der Waals surface area (Å²) in [4.78, 5) is 11.9. The fourth-order valence-corrected chi connectivity index (χ4v) is 2.28. The Morgan fingerprint density at radius 1 is 1.25 bits per heavy atom. The van der Waals surface area contributed by atoms with Crippen LogP contribution in [-0.4, -0.2) is 12.6 Å². The van der Waals surface area contributed by atoms with E-state index in [-0.39, 0.29) is 11.9 Å². The number of benzene rings is 1. The molecule has 0 N–H and O–H groups in total. The van der Waals surface area contributed by atoms with E-state index in [1.165, 1.54) is 11.1 Å². The van der Waals surface area contributed by atoms with Gasteiger partial charge >= 0.3 is 5.97 Å². The molecular formula is C14H18O2. The van der Waals surface area contributed by atoms with E-state index in [4.69, 9.17) is 4.74 Å². The van der Waals surface area contributed by atoms with Crippen molar-refractivity contribution in [2.75, 3.05) is 6.61 Å². The first-order valence-electron chi connectivity index (χ1n) is 5.93. The molecule has 2 rings (SSSR count). The Balaban J connectivity index is 2.34. The van der Waals surface area contributed by atoms with Crippen LogP contribution in [0.1, 0.15) is 41.9 Å². The molecule has 1 aliphatic rings. The van der Waals surface area contributed by atoms with Gasteiger partial charge in [-0.25, -0.2) is 0 Å². The zero-order chi connectivity index (χ0) is 11.5. The Hall–Kier alpha value is -1.31. The average Bonchev–Trinajstić information content (AvgIpc) is 2.47. The van der Waals surface area contributed by atoms with Crippen molar-refractivity contribution in [1.82, 2.24) is 0 Å². The van der Waals surface area contributed by atoms with Gasteiger partial charge in [0.15, 0.2) is 0 Å². The first-order chi connectivity index (χ1) is 7.70. The minimum Gasteiger partial charge on any atom is -0.465 e. The Morgan fingerprint density at radius 2 is 2.06 bits per heavy atom. The zero-order valence-corrected chi connectivity index (χ0v) is 9.95. The van der Waals surface area contributed by atoms with Crippen LogP contribution in [0, 0.1) is 13.8 Å². The maximum Gasteiger partial charge on any atom is 0.313 e. The number of ether oxygens (including phenoxy) is 1. The predicted molar refractivity (Wildman–Crippen MR) is 63.5 cm³/mol. The molecule has 86 valence electrons. The van der Waals surface area contributed by atoms with E-state index in [9.17, 15) is 4.79 Å². The lowest BCUT2D eigenvalue weighted by Crippen LogP contribution is -2.15. The summed E-state index contributed by atoms with van der Waals surface area (Å²) in [7, 11) is 0. The van der Waals surface area contributed by atoms with Crippen molar-refractivity contribution in [3.05, 3.63) is 34.9 Å². The quantitative estimate of drug-likeness (QED) is 0.677. The highest BCUT2D eigenvalue weighted by molar-refractivity contribution is 5.79. The summed E-state index contributed by atoms with van der Waals surface area (Å²) >= 11 is 0. The highest BCUT2D eigenvalue weighted by atomic mass is 16.5. The minimum atomic E-state index is -0.0533. The van der Waals surface area contributed by atoms with E-state index in [0.29, 0.717) is 6.61 Å². The molecule has 1 aliphatic heterocycles. The second kappa shape index (κ2) is 4.69. The maximum absolute atomic E-state index is 11.9. The van der Waals surface area contributed by atoms with Crippen LogP contribution in [-0.2, 0) is 9.53 Å². The van der Waals surface area contributed by atoms with Gasteiger partial charge in [0.2, 0.25) is 0 Å². The molecule has 0 aromatic heterocycles. The third kappa shape index (κ3) is 2.11. The highest BCUT2D eigenvalue weighted by Crippen LogP contribution is 2.29. The summed E-state index contributed by atoms with van der Waals surface area (Å²) in [5, 5.41) is 0. The molecule has 1 aromatic carbocycles. The molecule has 0 spiro atoms. The van der Waals surface area contributed by atoms with Crippen molar-refractivity contribution in [2.24, 2.45) is 0 Å². The lowest BCUT2D eigenvalue weighted by Gasteiger charge is -2.16. The van der Waals surface area contributed by atoms with Gasteiger partial charge in [-0.1, -0.05) is 18.2 Å². The number of carbonyl (C=O) groups excluding carboxylic acids is 1. The van der Waals surface area contributed by atoms with Gasteiger partial charge in [-0.15, -0.1) is 0 Å². The van der Waals surface area contributed by atoms with Crippen molar-refractivity contribution in [2.45, 2.75) is 39.0 Å². The molecular weight excluding hydrogens is 200 g/mol. The highest BCUT2D eigenvalue weighted by Gasteiger charge is 2.25. The van der Waals surface area contributed by atoms with Gasteiger partial charge in [-0.05, 0) is 49.8 Å². The largest absolute Gasteiger partial charge is 0.465 e. The van der Waals surface area contributed by atoms with Crippen LogP contribution >= 0.6 is 0 Å². The van der Waals surface area contributed by atoms with Crippen molar-refractivity contribution < 1.29 is 9.53 Å². The monoisotopic (exact) mass is 218 g/mol. The van der Waals surface area contributed by atoms with Gasteiger partial charge in [0.25, 0.3) is 0 Å². The van der Waals surface area contributed by atoms with Crippen molar-refractivity contribution in [1.29, 1.82) is 0 Å². The third-order valence-electron chi connectivity index (χ3n) is 3.44. The van der Waals surface area contributed by atoms with Crippen LogP contribution < -0.4 is 0 Å². The third-order valence-corrected chi connectivity index (χ3v) is 3.44. The molecule has 16 heavy (non-hydrogen) atoms. The molecule has 1 aromatic rings. The SMILES string of the molecule is Cc1cccc(C2CCCCOC2=O)c1C.